The summed E-state index contributed by atoms with van der Waals surface area (Å²) < 4.78 is 10.3. The van der Waals surface area contributed by atoms with Gasteiger partial charge in [0.15, 0.2) is 0 Å². The fourth-order valence-electron chi connectivity index (χ4n) is 2.14. The van der Waals surface area contributed by atoms with Crippen molar-refractivity contribution in [2.75, 3.05) is 40.0 Å². The van der Waals surface area contributed by atoms with Crippen molar-refractivity contribution in [2.24, 2.45) is 5.41 Å². The Kier molecular flexibility index (Phi) is 6.60. The molecule has 0 aromatic rings. The number of ether oxygens (including phenoxy) is 2. The van der Waals surface area contributed by atoms with Crippen LogP contribution in [0.3, 0.4) is 0 Å². The van der Waals surface area contributed by atoms with Crippen molar-refractivity contribution in [3.05, 3.63) is 0 Å². The van der Waals surface area contributed by atoms with Crippen LogP contribution in [-0.2, 0) is 14.3 Å². The van der Waals surface area contributed by atoms with Crippen LogP contribution < -0.4 is 10.6 Å². The molecule has 0 saturated carbocycles. The summed E-state index contributed by atoms with van der Waals surface area (Å²) in [5.41, 5.74) is 0.261. The Labute approximate surface area is 110 Å². The Morgan fingerprint density at radius 3 is 2.72 bits per heavy atom. The molecular weight excluding hydrogens is 232 g/mol. The molecule has 1 atom stereocenters. The van der Waals surface area contributed by atoms with Crippen molar-refractivity contribution in [1.82, 2.24) is 10.6 Å². The summed E-state index contributed by atoms with van der Waals surface area (Å²) >= 11 is 0. The minimum absolute atomic E-state index is 0.0233. The topological polar surface area (TPSA) is 59.6 Å². The molecule has 1 amide bonds. The number of carbonyl (C=O) groups excluding carboxylic acids is 1. The van der Waals surface area contributed by atoms with Gasteiger partial charge in [0.05, 0.1) is 13.2 Å². The van der Waals surface area contributed by atoms with Crippen LogP contribution in [-0.4, -0.2) is 52.0 Å². The molecule has 5 heteroatoms. The van der Waals surface area contributed by atoms with Crippen molar-refractivity contribution >= 4 is 5.91 Å². The van der Waals surface area contributed by atoms with Crippen LogP contribution in [0.1, 0.15) is 26.7 Å². The van der Waals surface area contributed by atoms with E-state index in [2.05, 4.69) is 17.6 Å². The molecule has 0 aliphatic carbocycles. The molecule has 106 valence electrons. The first-order valence-corrected chi connectivity index (χ1v) is 6.62. The highest BCUT2D eigenvalue weighted by atomic mass is 16.5. The van der Waals surface area contributed by atoms with Gasteiger partial charge >= 0.3 is 0 Å². The molecule has 1 aliphatic heterocycles. The summed E-state index contributed by atoms with van der Waals surface area (Å²) in [6.45, 7) is 7.60. The Balaban J connectivity index is 2.14. The second kappa shape index (κ2) is 7.71. The Bertz CT molecular complexity index is 253. The van der Waals surface area contributed by atoms with Gasteiger partial charge in [-0.2, -0.15) is 0 Å². The normalized spacial score (nSPS) is 20.4. The maximum atomic E-state index is 11.6. The van der Waals surface area contributed by atoms with Gasteiger partial charge in [-0.05, 0) is 25.2 Å². The van der Waals surface area contributed by atoms with Gasteiger partial charge in [-0.3, -0.25) is 4.79 Å². The lowest BCUT2D eigenvalue weighted by atomic mass is 9.82. The van der Waals surface area contributed by atoms with Crippen molar-refractivity contribution < 1.29 is 14.3 Å². The highest BCUT2D eigenvalue weighted by Crippen LogP contribution is 2.28. The zero-order valence-electron chi connectivity index (χ0n) is 11.8. The van der Waals surface area contributed by atoms with E-state index in [1.54, 1.807) is 7.11 Å². The summed E-state index contributed by atoms with van der Waals surface area (Å²) in [5, 5.41) is 6.11. The molecule has 1 unspecified atom stereocenters. The quantitative estimate of drug-likeness (QED) is 0.700. The lowest BCUT2D eigenvalue weighted by Crippen LogP contribution is -2.44. The van der Waals surface area contributed by atoms with Gasteiger partial charge in [-0.1, -0.05) is 6.92 Å². The van der Waals surface area contributed by atoms with Gasteiger partial charge < -0.3 is 20.1 Å². The molecule has 0 aromatic heterocycles. The van der Waals surface area contributed by atoms with E-state index >= 15 is 0 Å². The fraction of sp³-hybridized carbons (Fsp3) is 0.923. The van der Waals surface area contributed by atoms with E-state index in [4.69, 9.17) is 9.47 Å². The number of amides is 1. The monoisotopic (exact) mass is 258 g/mol. The van der Waals surface area contributed by atoms with E-state index in [-0.39, 0.29) is 17.4 Å². The van der Waals surface area contributed by atoms with Crippen LogP contribution in [0.2, 0.25) is 0 Å². The van der Waals surface area contributed by atoms with Crippen molar-refractivity contribution in [3.8, 4) is 0 Å². The molecule has 1 saturated heterocycles. The fourth-order valence-corrected chi connectivity index (χ4v) is 2.14. The molecule has 0 radical (unpaired) electrons. The zero-order valence-corrected chi connectivity index (χ0v) is 11.8. The number of rotatable bonds is 7. The van der Waals surface area contributed by atoms with Gasteiger partial charge in [0, 0.05) is 32.9 Å². The Hall–Kier alpha value is -0.650. The van der Waals surface area contributed by atoms with Crippen molar-refractivity contribution in [2.45, 2.75) is 32.7 Å². The minimum atomic E-state index is 0.0233. The molecule has 2 N–H and O–H groups in total. The first-order valence-electron chi connectivity index (χ1n) is 6.62. The molecule has 5 nitrogen and oxygen atoms in total. The molecule has 0 spiro atoms. The van der Waals surface area contributed by atoms with Gasteiger partial charge in [-0.15, -0.1) is 0 Å². The SMILES string of the molecule is COCC(C)NC(=O)CNCC1(C)CCOCC1. The Morgan fingerprint density at radius 1 is 1.44 bits per heavy atom. The van der Waals surface area contributed by atoms with Crippen LogP contribution in [0.15, 0.2) is 0 Å². The molecule has 0 bridgehead atoms. The molecule has 18 heavy (non-hydrogen) atoms. The zero-order chi connectivity index (χ0) is 13.4. The molecule has 1 rings (SSSR count). The molecule has 1 heterocycles. The first kappa shape index (κ1) is 15.4. The average molecular weight is 258 g/mol. The van der Waals surface area contributed by atoms with E-state index in [9.17, 15) is 4.79 Å². The average Bonchev–Trinajstić information content (AvgIpc) is 2.29. The number of hydrogen-bond acceptors (Lipinski definition) is 4. The van der Waals surface area contributed by atoms with Crippen molar-refractivity contribution in [3.63, 3.8) is 0 Å². The maximum absolute atomic E-state index is 11.6. The predicted molar refractivity (Wildman–Crippen MR) is 70.5 cm³/mol. The number of methoxy groups -OCH3 is 1. The first-order chi connectivity index (χ1) is 8.56. The second-order valence-electron chi connectivity index (χ2n) is 5.45. The number of hydrogen-bond donors (Lipinski definition) is 2. The van der Waals surface area contributed by atoms with Crippen molar-refractivity contribution in [1.29, 1.82) is 0 Å². The highest BCUT2D eigenvalue weighted by Gasteiger charge is 2.26. The van der Waals surface area contributed by atoms with Crippen LogP contribution in [0.25, 0.3) is 0 Å². The molecule has 0 aromatic carbocycles. The van der Waals surface area contributed by atoms with E-state index in [0.717, 1.165) is 32.6 Å². The third-order valence-electron chi connectivity index (χ3n) is 3.36. The number of nitrogens with one attached hydrogen (secondary N) is 2. The smallest absolute Gasteiger partial charge is 0.234 e. The number of carbonyl (C=O) groups is 1. The maximum Gasteiger partial charge on any atom is 0.234 e. The van der Waals surface area contributed by atoms with Crippen LogP contribution in [0.5, 0.6) is 0 Å². The van der Waals surface area contributed by atoms with Gasteiger partial charge in [0.25, 0.3) is 0 Å². The van der Waals surface area contributed by atoms with Crippen LogP contribution >= 0.6 is 0 Å². The summed E-state index contributed by atoms with van der Waals surface area (Å²) in [6, 6.07) is 0.0583. The Morgan fingerprint density at radius 2 is 2.11 bits per heavy atom. The van der Waals surface area contributed by atoms with Gasteiger partial charge in [-0.25, -0.2) is 0 Å². The third kappa shape index (κ3) is 5.80. The molecule has 1 aliphatic rings. The standard InChI is InChI=1S/C13H26N2O3/c1-11(9-17-3)15-12(16)8-14-10-13(2)4-6-18-7-5-13/h11,14H,4-10H2,1-3H3,(H,15,16). The summed E-state index contributed by atoms with van der Waals surface area (Å²) in [6.07, 6.45) is 2.11. The van der Waals surface area contributed by atoms with Gasteiger partial charge in [0.1, 0.15) is 0 Å². The summed E-state index contributed by atoms with van der Waals surface area (Å²) in [4.78, 5) is 11.6. The van der Waals surface area contributed by atoms with E-state index < -0.39 is 0 Å². The van der Waals surface area contributed by atoms with Gasteiger partial charge in [0.2, 0.25) is 5.91 Å². The van der Waals surface area contributed by atoms with Crippen LogP contribution in [0.4, 0.5) is 0 Å². The third-order valence-corrected chi connectivity index (χ3v) is 3.36. The summed E-state index contributed by atoms with van der Waals surface area (Å²) in [5.74, 6) is 0.0233. The highest BCUT2D eigenvalue weighted by molar-refractivity contribution is 5.78. The largest absolute Gasteiger partial charge is 0.383 e. The van der Waals surface area contributed by atoms with E-state index in [0.29, 0.717) is 13.2 Å². The molecular formula is C13H26N2O3. The molecule has 1 fully saturated rings. The lowest BCUT2D eigenvalue weighted by Gasteiger charge is -2.33. The second-order valence-corrected chi connectivity index (χ2v) is 5.45. The van der Waals surface area contributed by atoms with E-state index in [1.807, 2.05) is 6.92 Å². The summed E-state index contributed by atoms with van der Waals surface area (Å²) in [7, 11) is 1.63. The van der Waals surface area contributed by atoms with E-state index in [1.165, 1.54) is 0 Å². The minimum Gasteiger partial charge on any atom is -0.383 e. The van der Waals surface area contributed by atoms with Crippen LogP contribution in [0, 0.1) is 5.41 Å². The lowest BCUT2D eigenvalue weighted by molar-refractivity contribution is -0.121. The predicted octanol–water partition coefficient (Wildman–Crippen LogP) is 0.544.